The van der Waals surface area contributed by atoms with Crippen LogP contribution in [0.2, 0.25) is 0 Å². The van der Waals surface area contributed by atoms with Gasteiger partial charge in [0, 0.05) is 4.90 Å². The third-order valence-electron chi connectivity index (χ3n) is 3.29. The predicted molar refractivity (Wildman–Crippen MR) is 88.3 cm³/mol. The lowest BCUT2D eigenvalue weighted by atomic mass is 10.1. The zero-order chi connectivity index (χ0) is 15.2. The molecule has 0 aliphatic rings. The molecule has 0 fully saturated rings. The molecule has 0 unspecified atom stereocenters. The summed E-state index contributed by atoms with van der Waals surface area (Å²) in [5.41, 5.74) is 3.04. The van der Waals surface area contributed by atoms with Crippen LogP contribution in [0, 0.1) is 13.8 Å². The van der Waals surface area contributed by atoms with E-state index in [0.29, 0.717) is 0 Å². The number of ether oxygens (including phenoxy) is 1. The van der Waals surface area contributed by atoms with E-state index in [0.717, 1.165) is 27.5 Å². The van der Waals surface area contributed by atoms with Crippen LogP contribution in [0.4, 0.5) is 5.69 Å². The largest absolute Gasteiger partial charge is 0.483 e. The van der Waals surface area contributed by atoms with Gasteiger partial charge in [0.1, 0.15) is 5.75 Å². The highest BCUT2D eigenvalue weighted by Crippen LogP contribution is 2.25. The fraction of sp³-hybridized carbons (Fsp3) is 0.235. The molecule has 0 saturated heterocycles. The zero-order valence-electron chi connectivity index (χ0n) is 12.5. The van der Waals surface area contributed by atoms with Gasteiger partial charge in [-0.25, -0.2) is 0 Å². The lowest BCUT2D eigenvalue weighted by molar-refractivity contribution is -0.118. The molecule has 21 heavy (non-hydrogen) atoms. The maximum atomic E-state index is 12.0. The third kappa shape index (κ3) is 4.02. The van der Waals surface area contributed by atoms with Gasteiger partial charge in [-0.1, -0.05) is 24.3 Å². The van der Waals surface area contributed by atoms with Gasteiger partial charge in [-0.05, 0) is 49.4 Å². The van der Waals surface area contributed by atoms with E-state index >= 15 is 0 Å². The van der Waals surface area contributed by atoms with E-state index in [2.05, 4.69) is 5.32 Å². The summed E-state index contributed by atoms with van der Waals surface area (Å²) in [5, 5.41) is 2.88. The van der Waals surface area contributed by atoms with Gasteiger partial charge >= 0.3 is 0 Å². The summed E-state index contributed by atoms with van der Waals surface area (Å²) in [7, 11) is 0. The molecule has 1 N–H and O–H groups in total. The lowest BCUT2D eigenvalue weighted by Gasteiger charge is -2.12. The first kappa shape index (κ1) is 15.4. The van der Waals surface area contributed by atoms with Gasteiger partial charge in [-0.2, -0.15) is 0 Å². The van der Waals surface area contributed by atoms with Gasteiger partial charge in [-0.3, -0.25) is 4.79 Å². The van der Waals surface area contributed by atoms with Crippen molar-refractivity contribution in [3.05, 3.63) is 53.6 Å². The number of thioether (sulfide) groups is 1. The Morgan fingerprint density at radius 3 is 2.67 bits per heavy atom. The Labute approximate surface area is 129 Å². The highest BCUT2D eigenvalue weighted by atomic mass is 32.2. The summed E-state index contributed by atoms with van der Waals surface area (Å²) in [6.45, 7) is 4.02. The van der Waals surface area contributed by atoms with Crippen LogP contribution in [0.1, 0.15) is 11.1 Å². The Balaban J connectivity index is 1.98. The predicted octanol–water partition coefficient (Wildman–Crippen LogP) is 4.04. The number of para-hydroxylation sites is 1. The number of amides is 1. The van der Waals surface area contributed by atoms with E-state index in [-0.39, 0.29) is 12.5 Å². The van der Waals surface area contributed by atoms with Crippen molar-refractivity contribution in [3.8, 4) is 5.75 Å². The van der Waals surface area contributed by atoms with Gasteiger partial charge in [0.2, 0.25) is 0 Å². The number of carbonyl (C=O) groups excluding carboxylic acids is 1. The monoisotopic (exact) mass is 301 g/mol. The molecule has 0 aliphatic carbocycles. The molecule has 4 heteroatoms. The van der Waals surface area contributed by atoms with Gasteiger partial charge in [-0.15, -0.1) is 11.8 Å². The molecule has 0 aromatic heterocycles. The van der Waals surface area contributed by atoms with Crippen LogP contribution < -0.4 is 10.1 Å². The molecule has 2 aromatic rings. The van der Waals surface area contributed by atoms with Gasteiger partial charge in [0.05, 0.1) is 5.69 Å². The van der Waals surface area contributed by atoms with Gasteiger partial charge < -0.3 is 10.1 Å². The van der Waals surface area contributed by atoms with Crippen LogP contribution in [-0.2, 0) is 4.79 Å². The first-order chi connectivity index (χ1) is 10.1. The van der Waals surface area contributed by atoms with Crippen molar-refractivity contribution in [1.82, 2.24) is 0 Å². The first-order valence-corrected chi connectivity index (χ1v) is 7.96. The van der Waals surface area contributed by atoms with E-state index < -0.39 is 0 Å². The number of hydrogen-bond donors (Lipinski definition) is 1. The molecule has 1 amide bonds. The average Bonchev–Trinajstić information content (AvgIpc) is 2.49. The van der Waals surface area contributed by atoms with E-state index in [4.69, 9.17) is 4.74 Å². The quantitative estimate of drug-likeness (QED) is 0.847. The topological polar surface area (TPSA) is 38.3 Å². The normalized spacial score (nSPS) is 10.2. The molecule has 0 saturated carbocycles. The average molecular weight is 301 g/mol. The highest BCUT2D eigenvalue weighted by Gasteiger charge is 2.08. The maximum absolute atomic E-state index is 12.0. The number of anilines is 1. The standard InChI is InChI=1S/C17H19NO2S/c1-12-7-6-9-15(13(12)2)20-11-17(19)18-14-8-4-5-10-16(14)21-3/h4-10H,11H2,1-3H3,(H,18,19). The molecular weight excluding hydrogens is 282 g/mol. The second kappa shape index (κ2) is 7.18. The number of rotatable bonds is 5. The number of benzene rings is 2. The lowest BCUT2D eigenvalue weighted by Crippen LogP contribution is -2.20. The maximum Gasteiger partial charge on any atom is 0.262 e. The van der Waals surface area contributed by atoms with Crippen molar-refractivity contribution in [2.24, 2.45) is 0 Å². The summed E-state index contributed by atoms with van der Waals surface area (Å²) in [5.74, 6) is 0.598. The molecule has 0 atom stereocenters. The Morgan fingerprint density at radius 1 is 1.14 bits per heavy atom. The van der Waals surface area contributed by atoms with Gasteiger partial charge in [0.25, 0.3) is 5.91 Å². The van der Waals surface area contributed by atoms with Crippen molar-refractivity contribution < 1.29 is 9.53 Å². The summed E-state index contributed by atoms with van der Waals surface area (Å²) < 4.78 is 5.61. The van der Waals surface area contributed by atoms with Crippen LogP contribution in [0.5, 0.6) is 5.75 Å². The minimum atomic E-state index is -0.155. The molecule has 0 bridgehead atoms. The second-order valence-corrected chi connectivity index (χ2v) is 5.58. The SMILES string of the molecule is CSc1ccccc1NC(=O)COc1cccc(C)c1C. The van der Waals surface area contributed by atoms with Crippen molar-refractivity contribution in [2.75, 3.05) is 18.2 Å². The number of aryl methyl sites for hydroxylation is 1. The molecular formula is C17H19NO2S. The van der Waals surface area contributed by atoms with E-state index in [1.807, 2.05) is 62.6 Å². The first-order valence-electron chi connectivity index (χ1n) is 6.73. The molecule has 110 valence electrons. The fourth-order valence-corrected chi connectivity index (χ4v) is 2.51. The van der Waals surface area contributed by atoms with Crippen LogP contribution in [0.15, 0.2) is 47.4 Å². The minimum absolute atomic E-state index is 0.00695. The molecule has 0 spiro atoms. The third-order valence-corrected chi connectivity index (χ3v) is 4.09. The van der Waals surface area contributed by atoms with Crippen molar-refractivity contribution >= 4 is 23.4 Å². The summed E-state index contributed by atoms with van der Waals surface area (Å²) >= 11 is 1.60. The van der Waals surface area contributed by atoms with Crippen LogP contribution in [0.25, 0.3) is 0 Å². The van der Waals surface area contributed by atoms with Crippen LogP contribution >= 0.6 is 11.8 Å². The van der Waals surface area contributed by atoms with Crippen LogP contribution in [-0.4, -0.2) is 18.8 Å². The van der Waals surface area contributed by atoms with E-state index in [1.165, 1.54) is 0 Å². The Bertz CT molecular complexity index is 640. The zero-order valence-corrected chi connectivity index (χ0v) is 13.3. The molecule has 3 nitrogen and oxygen atoms in total. The Morgan fingerprint density at radius 2 is 1.90 bits per heavy atom. The van der Waals surface area contributed by atoms with Gasteiger partial charge in [0.15, 0.2) is 6.61 Å². The molecule has 2 aromatic carbocycles. The molecule has 2 rings (SSSR count). The smallest absolute Gasteiger partial charge is 0.262 e. The van der Waals surface area contributed by atoms with E-state index in [9.17, 15) is 4.79 Å². The number of hydrogen-bond acceptors (Lipinski definition) is 3. The highest BCUT2D eigenvalue weighted by molar-refractivity contribution is 7.98. The van der Waals surface area contributed by atoms with Crippen LogP contribution in [0.3, 0.4) is 0 Å². The van der Waals surface area contributed by atoms with E-state index in [1.54, 1.807) is 11.8 Å². The number of carbonyl (C=O) groups is 1. The summed E-state index contributed by atoms with van der Waals surface area (Å²) in [4.78, 5) is 13.0. The molecule has 0 heterocycles. The summed E-state index contributed by atoms with van der Waals surface area (Å²) in [6.07, 6.45) is 1.98. The minimum Gasteiger partial charge on any atom is -0.483 e. The number of nitrogens with one attached hydrogen (secondary N) is 1. The Kier molecular flexibility index (Phi) is 5.28. The van der Waals surface area contributed by atoms with Crippen molar-refractivity contribution in [1.29, 1.82) is 0 Å². The fourth-order valence-electron chi connectivity index (χ4n) is 1.96. The molecule has 0 aliphatic heterocycles. The van der Waals surface area contributed by atoms with Crippen molar-refractivity contribution in [2.45, 2.75) is 18.7 Å². The molecule has 0 radical (unpaired) electrons. The second-order valence-electron chi connectivity index (χ2n) is 4.74. The summed E-state index contributed by atoms with van der Waals surface area (Å²) in [6, 6.07) is 13.6. The Hall–Kier alpha value is -1.94. The van der Waals surface area contributed by atoms with Crippen molar-refractivity contribution in [3.63, 3.8) is 0 Å².